The molecule has 0 radical (unpaired) electrons. The average molecular weight is 526 g/mol. The van der Waals surface area contributed by atoms with Gasteiger partial charge in [-0.15, -0.1) is 11.3 Å². The fourth-order valence-corrected chi connectivity index (χ4v) is 6.66. The van der Waals surface area contributed by atoms with Gasteiger partial charge in [0.05, 0.1) is 16.6 Å². The van der Waals surface area contributed by atoms with E-state index in [0.717, 1.165) is 12.1 Å². The number of amides is 2. The third-order valence-electron chi connectivity index (χ3n) is 7.40. The predicted octanol–water partition coefficient (Wildman–Crippen LogP) is 3.37. The number of piperazine rings is 1. The highest BCUT2D eigenvalue weighted by atomic mass is 32.1. The van der Waals surface area contributed by atoms with Gasteiger partial charge in [-0.1, -0.05) is 13.8 Å². The first kappa shape index (κ1) is 25.4. The molecule has 2 atom stereocenters. The van der Waals surface area contributed by atoms with Gasteiger partial charge in [0, 0.05) is 45.0 Å². The van der Waals surface area contributed by atoms with Gasteiger partial charge < -0.3 is 14.7 Å². The number of carbonyl (C=O) groups excluding carboxylic acids is 2. The molecule has 2 aromatic heterocycles. The van der Waals surface area contributed by atoms with Crippen molar-refractivity contribution < 1.29 is 14.0 Å². The molecule has 196 valence electrons. The van der Waals surface area contributed by atoms with E-state index in [9.17, 15) is 18.8 Å². The average Bonchev–Trinajstić information content (AvgIpc) is 3.22. The number of likely N-dealkylation sites (tertiary alicyclic amines) is 1. The lowest BCUT2D eigenvalue weighted by Crippen LogP contribution is -2.48. The lowest BCUT2D eigenvalue weighted by Gasteiger charge is -2.36. The fraction of sp³-hybridized carbons (Fsp3) is 0.481. The number of rotatable bonds is 4. The van der Waals surface area contributed by atoms with Gasteiger partial charge >= 0.3 is 0 Å². The Kier molecular flexibility index (Phi) is 7.02. The number of piperidine rings is 1. The number of thiophene rings is 1. The molecule has 2 aliphatic heterocycles. The number of fused-ring (bicyclic) bond motifs is 1. The van der Waals surface area contributed by atoms with Crippen molar-refractivity contribution in [2.45, 2.75) is 33.7 Å². The van der Waals surface area contributed by atoms with Crippen LogP contribution in [0.2, 0.25) is 0 Å². The van der Waals surface area contributed by atoms with Crippen molar-refractivity contribution in [3.05, 3.63) is 57.2 Å². The molecule has 2 saturated heterocycles. The summed E-state index contributed by atoms with van der Waals surface area (Å²) in [5.41, 5.74) is 1.26. The van der Waals surface area contributed by atoms with Crippen LogP contribution in [0.5, 0.6) is 0 Å². The lowest BCUT2D eigenvalue weighted by molar-refractivity contribution is -0.134. The highest BCUT2D eigenvalue weighted by molar-refractivity contribution is 7.20. The maximum Gasteiger partial charge on any atom is 0.264 e. The van der Waals surface area contributed by atoms with Crippen molar-refractivity contribution in [2.24, 2.45) is 11.8 Å². The maximum atomic E-state index is 13.4. The molecule has 4 heterocycles. The summed E-state index contributed by atoms with van der Waals surface area (Å²) in [6.45, 7) is 9.78. The first-order valence-corrected chi connectivity index (χ1v) is 13.6. The van der Waals surface area contributed by atoms with Crippen LogP contribution in [0.3, 0.4) is 0 Å². The van der Waals surface area contributed by atoms with Gasteiger partial charge in [0.1, 0.15) is 17.2 Å². The van der Waals surface area contributed by atoms with Gasteiger partial charge in [-0.2, -0.15) is 0 Å². The normalized spacial score (nSPS) is 20.5. The van der Waals surface area contributed by atoms with E-state index in [-0.39, 0.29) is 29.7 Å². The zero-order chi connectivity index (χ0) is 26.3. The van der Waals surface area contributed by atoms with Gasteiger partial charge in [-0.05, 0) is 55.0 Å². The van der Waals surface area contributed by atoms with E-state index in [2.05, 4.69) is 23.7 Å². The first-order chi connectivity index (χ1) is 17.7. The molecule has 2 fully saturated rings. The van der Waals surface area contributed by atoms with E-state index >= 15 is 0 Å². The number of benzene rings is 1. The number of hydrogen-bond donors (Lipinski definition) is 0. The molecular formula is C27H32FN5O3S. The molecule has 3 aromatic rings. The molecule has 0 N–H and O–H groups in total. The smallest absolute Gasteiger partial charge is 0.264 e. The Hall–Kier alpha value is -3.27. The summed E-state index contributed by atoms with van der Waals surface area (Å²) in [5, 5.41) is 0.411. The van der Waals surface area contributed by atoms with Gasteiger partial charge in [0.25, 0.3) is 11.5 Å². The first-order valence-electron chi connectivity index (χ1n) is 12.8. The summed E-state index contributed by atoms with van der Waals surface area (Å²) in [6.07, 6.45) is 2.52. The van der Waals surface area contributed by atoms with Crippen molar-refractivity contribution in [3.8, 4) is 0 Å². The van der Waals surface area contributed by atoms with Gasteiger partial charge in [0.15, 0.2) is 0 Å². The standard InChI is InChI=1S/C27H32FN5O3S/c1-17-12-18(2)14-32(13-17)22(34)15-33-16-29-25-23(26(33)35)19(3)24(37-25)27(36)31-10-8-30(9-11-31)21-6-4-20(28)5-7-21/h4-7,16-18H,8-15H2,1-3H3. The topological polar surface area (TPSA) is 78.8 Å². The second-order valence-corrected chi connectivity index (χ2v) is 11.4. The third-order valence-corrected chi connectivity index (χ3v) is 8.59. The molecule has 2 aliphatic rings. The van der Waals surface area contributed by atoms with Crippen LogP contribution in [0.1, 0.15) is 35.5 Å². The lowest BCUT2D eigenvalue weighted by atomic mass is 9.92. The maximum absolute atomic E-state index is 13.4. The zero-order valence-electron chi connectivity index (χ0n) is 21.4. The Balaban J connectivity index is 1.31. The minimum absolute atomic E-state index is 0.0505. The number of halogens is 1. The van der Waals surface area contributed by atoms with E-state index in [1.807, 2.05) is 4.90 Å². The minimum atomic E-state index is -0.287. The largest absolute Gasteiger partial charge is 0.368 e. The Morgan fingerprint density at radius 3 is 2.32 bits per heavy atom. The molecule has 0 bridgehead atoms. The Morgan fingerprint density at radius 1 is 1.03 bits per heavy atom. The van der Waals surface area contributed by atoms with Crippen LogP contribution in [0, 0.1) is 24.6 Å². The van der Waals surface area contributed by atoms with Gasteiger partial charge in [-0.25, -0.2) is 9.37 Å². The SMILES string of the molecule is Cc1c(C(=O)N2CCN(c3ccc(F)cc3)CC2)sc2ncn(CC(=O)N3CC(C)CC(C)C3)c(=O)c12. The second-order valence-electron chi connectivity index (χ2n) is 10.4. The molecule has 8 nitrogen and oxygen atoms in total. The summed E-state index contributed by atoms with van der Waals surface area (Å²) in [5.74, 6) is 0.415. The zero-order valence-corrected chi connectivity index (χ0v) is 22.3. The summed E-state index contributed by atoms with van der Waals surface area (Å²) < 4.78 is 14.6. The Morgan fingerprint density at radius 2 is 1.68 bits per heavy atom. The number of aryl methyl sites for hydroxylation is 1. The molecule has 2 unspecified atom stereocenters. The fourth-order valence-electron chi connectivity index (χ4n) is 5.55. The van der Waals surface area contributed by atoms with Gasteiger partial charge in [0.2, 0.25) is 5.91 Å². The van der Waals surface area contributed by atoms with E-state index in [1.165, 1.54) is 34.4 Å². The van der Waals surface area contributed by atoms with E-state index in [4.69, 9.17) is 0 Å². The summed E-state index contributed by atoms with van der Waals surface area (Å²) in [4.78, 5) is 50.9. The van der Waals surface area contributed by atoms with Crippen molar-refractivity contribution >= 4 is 39.1 Å². The van der Waals surface area contributed by atoms with E-state index in [1.54, 1.807) is 24.0 Å². The summed E-state index contributed by atoms with van der Waals surface area (Å²) in [7, 11) is 0. The van der Waals surface area contributed by atoms with Crippen molar-refractivity contribution in [1.82, 2.24) is 19.4 Å². The predicted molar refractivity (Wildman–Crippen MR) is 143 cm³/mol. The molecule has 37 heavy (non-hydrogen) atoms. The van der Waals surface area contributed by atoms with Crippen LogP contribution in [0.4, 0.5) is 10.1 Å². The van der Waals surface area contributed by atoms with Crippen LogP contribution in [0.25, 0.3) is 10.2 Å². The molecule has 0 spiro atoms. The van der Waals surface area contributed by atoms with Crippen molar-refractivity contribution in [1.29, 1.82) is 0 Å². The minimum Gasteiger partial charge on any atom is -0.368 e. The van der Waals surface area contributed by atoms with Crippen LogP contribution in [-0.2, 0) is 11.3 Å². The summed E-state index contributed by atoms with van der Waals surface area (Å²) >= 11 is 1.23. The Labute approximate surface area is 219 Å². The van der Waals surface area contributed by atoms with Crippen LogP contribution < -0.4 is 10.5 Å². The summed E-state index contributed by atoms with van der Waals surface area (Å²) in [6, 6.07) is 6.37. The van der Waals surface area contributed by atoms with Crippen LogP contribution in [0.15, 0.2) is 35.4 Å². The second kappa shape index (κ2) is 10.2. The third kappa shape index (κ3) is 5.12. The number of anilines is 1. The monoisotopic (exact) mass is 525 g/mol. The van der Waals surface area contributed by atoms with Crippen molar-refractivity contribution in [2.75, 3.05) is 44.2 Å². The number of carbonyl (C=O) groups is 2. The number of hydrogen-bond acceptors (Lipinski definition) is 6. The number of nitrogens with zero attached hydrogens (tertiary/aromatic N) is 5. The van der Waals surface area contributed by atoms with Crippen LogP contribution >= 0.6 is 11.3 Å². The van der Waals surface area contributed by atoms with Gasteiger partial charge in [-0.3, -0.25) is 19.0 Å². The molecular weight excluding hydrogens is 493 g/mol. The molecule has 2 amide bonds. The molecule has 5 rings (SSSR count). The highest BCUT2D eigenvalue weighted by Gasteiger charge is 2.28. The molecule has 0 saturated carbocycles. The van der Waals surface area contributed by atoms with Crippen molar-refractivity contribution in [3.63, 3.8) is 0 Å². The number of aromatic nitrogens is 2. The molecule has 0 aliphatic carbocycles. The molecule has 1 aromatic carbocycles. The van der Waals surface area contributed by atoms with E-state index < -0.39 is 0 Å². The highest BCUT2D eigenvalue weighted by Crippen LogP contribution is 2.29. The quantitative estimate of drug-likeness (QED) is 0.522. The van der Waals surface area contributed by atoms with E-state index in [0.29, 0.717) is 71.8 Å². The molecule has 10 heteroatoms. The Bertz CT molecular complexity index is 1370. The van der Waals surface area contributed by atoms with Crippen LogP contribution in [-0.4, -0.2) is 70.4 Å².